The highest BCUT2D eigenvalue weighted by molar-refractivity contribution is 5.85. The number of ether oxygens (including phenoxy) is 1. The summed E-state index contributed by atoms with van der Waals surface area (Å²) in [5, 5.41) is 5.76. The van der Waals surface area contributed by atoms with Crippen LogP contribution in [0.1, 0.15) is 11.1 Å². The summed E-state index contributed by atoms with van der Waals surface area (Å²) in [6.45, 7) is 5.26. The van der Waals surface area contributed by atoms with Gasteiger partial charge in [-0.1, -0.05) is 78.9 Å². The van der Waals surface area contributed by atoms with Crippen molar-refractivity contribution in [1.82, 2.24) is 15.5 Å². The second-order valence-corrected chi connectivity index (χ2v) is 8.90. The molecule has 188 valence electrons. The van der Waals surface area contributed by atoms with Gasteiger partial charge in [-0.2, -0.15) is 0 Å². The first-order valence-corrected chi connectivity index (χ1v) is 12.5. The van der Waals surface area contributed by atoms with Crippen molar-refractivity contribution in [3.8, 4) is 0 Å². The molecule has 1 aliphatic rings. The second-order valence-electron chi connectivity index (χ2n) is 8.90. The van der Waals surface area contributed by atoms with E-state index in [-0.39, 0.29) is 12.5 Å². The zero-order valence-electron chi connectivity index (χ0n) is 20.5. The predicted octanol–water partition coefficient (Wildman–Crippen LogP) is 3.46. The molecule has 1 saturated heterocycles. The van der Waals surface area contributed by atoms with E-state index in [1.165, 1.54) is 5.69 Å². The Labute approximate surface area is 213 Å². The third-order valence-electron chi connectivity index (χ3n) is 6.32. The highest BCUT2D eigenvalue weighted by Crippen LogP contribution is 2.15. The fraction of sp³-hybridized carbons (Fsp3) is 0.310. The van der Waals surface area contributed by atoms with Gasteiger partial charge >= 0.3 is 6.09 Å². The highest BCUT2D eigenvalue weighted by atomic mass is 16.5. The molecule has 1 aliphatic heterocycles. The van der Waals surface area contributed by atoms with Crippen LogP contribution in [-0.4, -0.2) is 62.2 Å². The minimum atomic E-state index is -0.717. The molecule has 1 heterocycles. The smallest absolute Gasteiger partial charge is 0.408 e. The lowest BCUT2D eigenvalue weighted by Gasteiger charge is -2.36. The first kappa shape index (κ1) is 25.3. The van der Waals surface area contributed by atoms with Crippen LogP contribution < -0.4 is 15.5 Å². The number of benzene rings is 3. The summed E-state index contributed by atoms with van der Waals surface area (Å²) in [6.07, 6.45) is -0.213. The molecular weight excluding hydrogens is 452 g/mol. The minimum absolute atomic E-state index is 0.154. The number of para-hydroxylation sites is 1. The fourth-order valence-electron chi connectivity index (χ4n) is 4.30. The average Bonchev–Trinajstić information content (AvgIpc) is 2.93. The summed E-state index contributed by atoms with van der Waals surface area (Å²) < 4.78 is 5.35. The molecule has 3 aromatic rings. The Morgan fingerprint density at radius 2 is 1.36 bits per heavy atom. The third kappa shape index (κ3) is 7.85. The summed E-state index contributed by atoms with van der Waals surface area (Å²) >= 11 is 0. The van der Waals surface area contributed by atoms with Gasteiger partial charge < -0.3 is 20.3 Å². The van der Waals surface area contributed by atoms with Crippen LogP contribution in [0.15, 0.2) is 91.0 Å². The van der Waals surface area contributed by atoms with E-state index in [4.69, 9.17) is 4.74 Å². The number of nitrogens with one attached hydrogen (secondary N) is 2. The monoisotopic (exact) mass is 486 g/mol. The Bertz CT molecular complexity index is 1070. The van der Waals surface area contributed by atoms with E-state index in [2.05, 4.69) is 44.7 Å². The molecule has 2 N–H and O–H groups in total. The number of alkyl carbamates (subject to hydrolysis) is 1. The fourth-order valence-corrected chi connectivity index (χ4v) is 4.30. The van der Waals surface area contributed by atoms with Gasteiger partial charge in [0.25, 0.3) is 0 Å². The number of hydrogen-bond donors (Lipinski definition) is 2. The Hall–Kier alpha value is -3.84. The first-order chi connectivity index (χ1) is 17.7. The van der Waals surface area contributed by atoms with E-state index in [0.29, 0.717) is 13.0 Å². The number of nitrogens with zero attached hydrogens (tertiary/aromatic N) is 2. The van der Waals surface area contributed by atoms with E-state index in [9.17, 15) is 9.59 Å². The number of anilines is 1. The van der Waals surface area contributed by atoms with Crippen LogP contribution in [0.25, 0.3) is 0 Å². The lowest BCUT2D eigenvalue weighted by molar-refractivity contribution is -0.123. The average molecular weight is 487 g/mol. The molecule has 1 unspecified atom stereocenters. The van der Waals surface area contributed by atoms with Crippen molar-refractivity contribution in [3.63, 3.8) is 0 Å². The summed E-state index contributed by atoms with van der Waals surface area (Å²) in [5.41, 5.74) is 3.11. The van der Waals surface area contributed by atoms with Crippen LogP contribution in [0, 0.1) is 0 Å². The van der Waals surface area contributed by atoms with Gasteiger partial charge in [0.05, 0.1) is 0 Å². The Kier molecular flexibility index (Phi) is 9.33. The number of amides is 2. The maximum Gasteiger partial charge on any atom is 0.408 e. The number of hydrogen-bond acceptors (Lipinski definition) is 5. The molecule has 0 spiro atoms. The SMILES string of the molecule is O=C(NC(Cc1ccccc1)C(=O)NCCN1CCN(c2ccccc2)CC1)OCc1ccccc1. The zero-order valence-corrected chi connectivity index (χ0v) is 20.5. The quantitative estimate of drug-likeness (QED) is 0.459. The maximum atomic E-state index is 13.0. The number of rotatable bonds is 10. The molecule has 2 amide bonds. The van der Waals surface area contributed by atoms with Crippen LogP contribution >= 0.6 is 0 Å². The molecule has 1 atom stereocenters. The molecule has 4 rings (SSSR count). The van der Waals surface area contributed by atoms with Gasteiger partial charge in [-0.15, -0.1) is 0 Å². The topological polar surface area (TPSA) is 73.9 Å². The normalized spacial score (nSPS) is 14.6. The number of piperazine rings is 1. The Morgan fingerprint density at radius 1 is 0.778 bits per heavy atom. The standard InChI is InChI=1S/C29H34N4O3/c34-28(30-16-17-32-18-20-33(21-19-32)26-14-8-3-9-15-26)27(22-24-10-4-1-5-11-24)31-29(35)36-23-25-12-6-2-7-13-25/h1-15,27H,16-23H2,(H,30,34)(H,31,35). The Balaban J connectivity index is 1.24. The zero-order chi connectivity index (χ0) is 25.0. The van der Waals surface area contributed by atoms with E-state index in [0.717, 1.165) is 43.9 Å². The molecule has 0 radical (unpaired) electrons. The van der Waals surface area contributed by atoms with Crippen LogP contribution in [0.4, 0.5) is 10.5 Å². The molecule has 0 aliphatic carbocycles. The van der Waals surface area contributed by atoms with Crippen molar-refractivity contribution in [3.05, 3.63) is 102 Å². The maximum absolute atomic E-state index is 13.0. The molecule has 0 bridgehead atoms. The summed E-state index contributed by atoms with van der Waals surface area (Å²) in [5.74, 6) is -0.210. The van der Waals surface area contributed by atoms with Crippen LogP contribution in [0.5, 0.6) is 0 Å². The molecule has 1 fully saturated rings. The molecule has 36 heavy (non-hydrogen) atoms. The Morgan fingerprint density at radius 3 is 2.00 bits per heavy atom. The molecule has 3 aromatic carbocycles. The minimum Gasteiger partial charge on any atom is -0.445 e. The van der Waals surface area contributed by atoms with Crippen LogP contribution in [-0.2, 0) is 22.6 Å². The predicted molar refractivity (Wildman–Crippen MR) is 142 cm³/mol. The summed E-state index contributed by atoms with van der Waals surface area (Å²) in [4.78, 5) is 30.2. The highest BCUT2D eigenvalue weighted by Gasteiger charge is 2.23. The number of carbonyl (C=O) groups excluding carboxylic acids is 2. The van der Waals surface area contributed by atoms with Gasteiger partial charge in [-0.3, -0.25) is 9.69 Å². The second kappa shape index (κ2) is 13.3. The van der Waals surface area contributed by atoms with Gasteiger partial charge in [-0.05, 0) is 23.3 Å². The molecule has 0 aromatic heterocycles. The van der Waals surface area contributed by atoms with E-state index in [1.54, 1.807) is 0 Å². The molecular formula is C29H34N4O3. The van der Waals surface area contributed by atoms with Crippen molar-refractivity contribution < 1.29 is 14.3 Å². The first-order valence-electron chi connectivity index (χ1n) is 12.5. The van der Waals surface area contributed by atoms with E-state index < -0.39 is 12.1 Å². The molecule has 7 heteroatoms. The van der Waals surface area contributed by atoms with Crippen molar-refractivity contribution >= 4 is 17.7 Å². The van der Waals surface area contributed by atoms with Crippen LogP contribution in [0.3, 0.4) is 0 Å². The molecule has 7 nitrogen and oxygen atoms in total. The van der Waals surface area contributed by atoms with Gasteiger partial charge in [-0.25, -0.2) is 4.79 Å². The molecule has 0 saturated carbocycles. The van der Waals surface area contributed by atoms with Crippen molar-refractivity contribution in [1.29, 1.82) is 0 Å². The van der Waals surface area contributed by atoms with Crippen LogP contribution in [0.2, 0.25) is 0 Å². The van der Waals surface area contributed by atoms with Gasteiger partial charge in [0.2, 0.25) is 5.91 Å². The van der Waals surface area contributed by atoms with E-state index in [1.807, 2.05) is 66.7 Å². The van der Waals surface area contributed by atoms with Gasteiger partial charge in [0.1, 0.15) is 12.6 Å². The van der Waals surface area contributed by atoms with E-state index >= 15 is 0 Å². The van der Waals surface area contributed by atoms with Gasteiger partial charge in [0.15, 0.2) is 0 Å². The number of carbonyl (C=O) groups is 2. The summed E-state index contributed by atoms with van der Waals surface area (Å²) in [6, 6.07) is 28.9. The third-order valence-corrected chi connectivity index (χ3v) is 6.32. The van der Waals surface area contributed by atoms with Crippen molar-refractivity contribution in [2.24, 2.45) is 0 Å². The lowest BCUT2D eigenvalue weighted by atomic mass is 10.1. The largest absolute Gasteiger partial charge is 0.445 e. The van der Waals surface area contributed by atoms with Gasteiger partial charge in [0, 0.05) is 51.4 Å². The van der Waals surface area contributed by atoms with Crippen molar-refractivity contribution in [2.45, 2.75) is 19.1 Å². The lowest BCUT2D eigenvalue weighted by Crippen LogP contribution is -2.51. The summed E-state index contributed by atoms with van der Waals surface area (Å²) in [7, 11) is 0. The van der Waals surface area contributed by atoms with Crippen molar-refractivity contribution in [2.75, 3.05) is 44.2 Å².